The standard InChI is InChI=1S/C22H10Cl2F4N4OS.C21H11Cl2F4N5O3.C20H11Cl2F4N5O2.CH2O2/c23-11-4-1-3-10(7-11)18-17(22(26,27)28)12(8-29-18)20-16(21-31-30-9-34-21)19(32-33-20)15-13(24)5-2-6-14(15)25;22-10-3-1-4-11(7-10)32-19(21(25,26)27)12(8-29-32)18-16(20(34)30-28-9-33)17(31-35-18)15-13(23)5-2-6-14(15)24;21-9-3-1-4-10(7-9)31-18(20(24,25)26)11(8-28-31)17-15(19(32)29-27)16(30-33-17)14-12(22)5-2-6-13(14)23;2-1-3/h1-9,18H;1-9H,(H,28,33)(H,30,34);1-8H,27H2,(H,29,32);1H,(H,2,3). The molecule has 6 aromatic carbocycles. The van der Waals surface area contributed by atoms with E-state index in [1.165, 1.54) is 103 Å². The summed E-state index contributed by atoms with van der Waals surface area (Å²) >= 11 is 37.2. The normalized spacial score (nSPS) is 12.7. The Morgan fingerprint density at radius 1 is 0.562 bits per heavy atom. The minimum atomic E-state index is -4.99. The number of nitrogens with one attached hydrogen (secondary N) is 3. The molecule has 0 spiro atoms. The number of hydrazine groups is 2. The molecule has 105 heavy (non-hydrogen) atoms. The van der Waals surface area contributed by atoms with E-state index < -0.39 is 122 Å². The minimum Gasteiger partial charge on any atom is -0.483 e. The predicted molar refractivity (Wildman–Crippen MR) is 357 cm³/mol. The fraction of sp³-hybridized carbons (Fsp3) is 0.0625. The number of nitrogens with zero attached hydrogens (tertiary/aromatic N) is 10. The number of amides is 3. The van der Waals surface area contributed by atoms with Crippen LogP contribution in [0.25, 0.3) is 83.9 Å². The Labute approximate surface area is 612 Å². The number of nitrogens with two attached hydrogens (primary N) is 1. The van der Waals surface area contributed by atoms with Crippen LogP contribution in [-0.2, 0) is 21.9 Å². The lowest BCUT2D eigenvalue weighted by molar-refractivity contribution is -0.143. The second-order valence-corrected chi connectivity index (χ2v) is 24.1. The molecule has 22 nitrogen and oxygen atoms in total. The van der Waals surface area contributed by atoms with Gasteiger partial charge in [-0.3, -0.25) is 40.4 Å². The lowest BCUT2D eigenvalue weighted by atomic mass is 9.94. The summed E-state index contributed by atoms with van der Waals surface area (Å²) in [6, 6.07) is 26.9. The fourth-order valence-corrected chi connectivity index (χ4v) is 12.2. The van der Waals surface area contributed by atoms with Crippen molar-refractivity contribution in [2.24, 2.45) is 10.8 Å². The first-order valence-electron chi connectivity index (χ1n) is 28.5. The summed E-state index contributed by atoms with van der Waals surface area (Å²) in [6.07, 6.45) is -11.9. The van der Waals surface area contributed by atoms with E-state index in [1.807, 2.05) is 10.9 Å². The maximum absolute atomic E-state index is 14.7. The summed E-state index contributed by atoms with van der Waals surface area (Å²) in [4.78, 5) is 48.5. The zero-order valence-electron chi connectivity index (χ0n) is 51.2. The summed E-state index contributed by atoms with van der Waals surface area (Å²) in [5.41, 5.74) is -1.02. The highest BCUT2D eigenvalue weighted by atomic mass is 35.5. The smallest absolute Gasteiger partial charge is 0.434 e. The first kappa shape index (κ1) is 76.7. The molecule has 6 N–H and O–H groups in total. The van der Waals surface area contributed by atoms with Gasteiger partial charge in [0, 0.05) is 26.9 Å². The van der Waals surface area contributed by atoms with Gasteiger partial charge < -0.3 is 18.7 Å². The number of hydrogen-bond donors (Lipinski definition) is 5. The van der Waals surface area contributed by atoms with Crippen LogP contribution in [0.5, 0.6) is 0 Å². The second-order valence-electron chi connectivity index (χ2n) is 20.7. The van der Waals surface area contributed by atoms with E-state index in [2.05, 4.69) is 40.9 Å². The van der Waals surface area contributed by atoms with Crippen LogP contribution >= 0.6 is 80.9 Å². The second kappa shape index (κ2) is 32.0. The Morgan fingerprint density at radius 3 is 1.40 bits per heavy atom. The number of carbonyl (C=O) groups excluding carboxylic acids is 3. The monoisotopic (exact) mass is 1600 g/mol. The molecule has 41 heteroatoms. The van der Waals surface area contributed by atoms with Crippen molar-refractivity contribution in [1.82, 2.24) is 61.5 Å². The quantitative estimate of drug-likeness (QED) is 0.0222. The molecule has 0 aliphatic carbocycles. The number of nitrogen functional groups attached to an aromatic ring is 1. The summed E-state index contributed by atoms with van der Waals surface area (Å²) in [7, 11) is 0. The number of carboxylic acid groups (broad SMARTS) is 1. The van der Waals surface area contributed by atoms with Crippen LogP contribution < -0.4 is 22.1 Å². The predicted octanol–water partition coefficient (Wildman–Crippen LogP) is 17.5. The molecule has 12 aromatic rings. The third-order valence-electron chi connectivity index (χ3n) is 14.4. The molecule has 540 valence electrons. The van der Waals surface area contributed by atoms with Crippen LogP contribution in [0, 0.1) is 17.5 Å². The molecule has 3 amide bonds. The number of benzene rings is 6. The molecule has 1 aliphatic heterocycles. The maximum Gasteiger partial charge on any atom is 0.434 e. The zero-order valence-corrected chi connectivity index (χ0v) is 56.6. The van der Waals surface area contributed by atoms with Gasteiger partial charge in [0.15, 0.2) is 33.7 Å². The number of aliphatic imine (C=N–C) groups is 1. The number of alkyl halides is 9. The number of halogens is 18. The molecule has 6 aromatic heterocycles. The maximum atomic E-state index is 14.7. The molecule has 13 rings (SSSR count). The molecule has 0 saturated heterocycles. The van der Waals surface area contributed by atoms with Crippen LogP contribution in [0.15, 0.2) is 169 Å². The number of rotatable bonds is 14. The van der Waals surface area contributed by atoms with Crippen molar-refractivity contribution in [3.8, 4) is 78.4 Å². The van der Waals surface area contributed by atoms with Crippen molar-refractivity contribution in [3.63, 3.8) is 0 Å². The summed E-state index contributed by atoms with van der Waals surface area (Å²) < 4.78 is 189. The lowest BCUT2D eigenvalue weighted by Gasteiger charge is -2.17. The van der Waals surface area contributed by atoms with Gasteiger partial charge >= 0.3 is 18.5 Å². The molecule has 7 heterocycles. The van der Waals surface area contributed by atoms with Gasteiger partial charge in [-0.25, -0.2) is 28.4 Å². The van der Waals surface area contributed by atoms with Crippen molar-refractivity contribution in [3.05, 3.63) is 232 Å². The van der Waals surface area contributed by atoms with Crippen molar-refractivity contribution < 1.29 is 90.5 Å². The molecule has 0 saturated carbocycles. The number of aromatic nitrogens is 9. The summed E-state index contributed by atoms with van der Waals surface area (Å²) in [5.74, 6) is -1.12. The van der Waals surface area contributed by atoms with Gasteiger partial charge in [0.2, 0.25) is 6.41 Å². The SMILES string of the molecule is Fc1cccc(Cl)c1-c1noc(C2=C(C(F)(F)F)C(c3cccc(Cl)c3)N=C2)c1-c1nncs1.NNC(=O)c1c(-c2c(F)cccc2Cl)noc1-c1cnn(-c2cccc(Cl)c2)c1C(F)(F)F.O=CNNC(=O)c1c(-c2c(F)cccc2Cl)noc1-c1cnn(-c2cccc(Cl)c2)c1C(F)(F)F.O=CO. The zero-order chi connectivity index (χ0) is 76.0. The van der Waals surface area contributed by atoms with Gasteiger partial charge in [-0.2, -0.15) is 49.7 Å². The third kappa shape index (κ3) is 16.2. The summed E-state index contributed by atoms with van der Waals surface area (Å²) in [5, 5.41) is 33.8. The Morgan fingerprint density at radius 2 is 0.990 bits per heavy atom. The molecule has 0 bridgehead atoms. The van der Waals surface area contributed by atoms with Crippen molar-refractivity contribution >= 4 is 117 Å². The van der Waals surface area contributed by atoms with E-state index in [4.69, 9.17) is 98.9 Å². The molecular weight excluding hydrogens is 1570 g/mol. The first-order valence-corrected chi connectivity index (χ1v) is 31.7. The van der Waals surface area contributed by atoms with E-state index in [0.717, 1.165) is 48.1 Å². The highest BCUT2D eigenvalue weighted by Gasteiger charge is 2.47. The Kier molecular flexibility index (Phi) is 23.4. The lowest BCUT2D eigenvalue weighted by Crippen LogP contribution is -2.36. The number of allylic oxidation sites excluding steroid dienone is 1. The minimum absolute atomic E-state index is 0.00258. The van der Waals surface area contributed by atoms with Gasteiger partial charge in [0.25, 0.3) is 18.3 Å². The average molecular weight is 1600 g/mol. The molecule has 0 radical (unpaired) electrons. The molecule has 1 aliphatic rings. The fourth-order valence-electron chi connectivity index (χ4n) is 10.3. The van der Waals surface area contributed by atoms with Gasteiger partial charge in [-0.1, -0.05) is 139 Å². The number of carbonyl (C=O) groups is 4. The van der Waals surface area contributed by atoms with Crippen molar-refractivity contribution in [1.29, 1.82) is 0 Å². The van der Waals surface area contributed by atoms with Gasteiger partial charge in [-0.05, 0) is 90.5 Å². The largest absolute Gasteiger partial charge is 0.483 e. The molecule has 0 fully saturated rings. The van der Waals surface area contributed by atoms with Crippen LogP contribution in [0.2, 0.25) is 30.1 Å². The van der Waals surface area contributed by atoms with Crippen molar-refractivity contribution in [2.45, 2.75) is 24.6 Å². The average Bonchev–Trinajstić information content (AvgIpc) is 1.62. The molecule has 1 atom stereocenters. The molecular formula is C64H34Cl6F12N14O8S. The van der Waals surface area contributed by atoms with E-state index in [0.29, 0.717) is 9.36 Å². The van der Waals surface area contributed by atoms with Crippen LogP contribution in [0.4, 0.5) is 52.7 Å². The van der Waals surface area contributed by atoms with Crippen molar-refractivity contribution in [2.75, 3.05) is 0 Å². The van der Waals surface area contributed by atoms with E-state index in [-0.39, 0.29) is 98.7 Å². The highest BCUT2D eigenvalue weighted by molar-refractivity contribution is 7.12. The Bertz CT molecular complexity index is 5270. The van der Waals surface area contributed by atoms with Crippen LogP contribution in [0.1, 0.15) is 49.5 Å². The van der Waals surface area contributed by atoms with Gasteiger partial charge in [0.1, 0.15) is 57.2 Å². The van der Waals surface area contributed by atoms with Crippen LogP contribution in [-0.4, -0.2) is 87.4 Å². The first-order chi connectivity index (χ1) is 49.9. The van der Waals surface area contributed by atoms with Gasteiger partial charge in [-0.15, -0.1) is 10.2 Å². The Hall–Kier alpha value is -10.9. The Balaban J connectivity index is 0.000000166. The topological polar surface area (TPSA) is 302 Å². The van der Waals surface area contributed by atoms with E-state index >= 15 is 0 Å². The highest BCUT2D eigenvalue weighted by Crippen LogP contribution is 2.51. The third-order valence-corrected chi connectivity index (χ3v) is 16.7. The van der Waals surface area contributed by atoms with Crippen LogP contribution in [0.3, 0.4) is 0 Å². The number of hydrogen-bond acceptors (Lipinski definition) is 17. The summed E-state index contributed by atoms with van der Waals surface area (Å²) in [6.45, 7) is -0.250. The molecule has 1 unspecified atom stereocenters. The van der Waals surface area contributed by atoms with E-state index in [1.54, 1.807) is 17.6 Å². The van der Waals surface area contributed by atoms with Gasteiger partial charge in [0.05, 0.1) is 77.8 Å². The van der Waals surface area contributed by atoms with E-state index in [9.17, 15) is 67.1 Å².